The fraction of sp³-hybridized carbons (Fsp3) is 0.394. The summed E-state index contributed by atoms with van der Waals surface area (Å²) in [5.41, 5.74) is 0.347. The van der Waals surface area contributed by atoms with Crippen LogP contribution in [0.25, 0.3) is 0 Å². The van der Waals surface area contributed by atoms with E-state index in [-0.39, 0.29) is 11.8 Å². The highest BCUT2D eigenvalue weighted by molar-refractivity contribution is 6.00. The van der Waals surface area contributed by atoms with E-state index in [9.17, 15) is 9.59 Å². The van der Waals surface area contributed by atoms with Crippen LogP contribution in [0.5, 0.6) is 17.2 Å². The topological polar surface area (TPSA) is 71.1 Å². The second-order valence-corrected chi connectivity index (χ2v) is 11.2. The lowest BCUT2D eigenvalue weighted by Crippen LogP contribution is -2.73. The van der Waals surface area contributed by atoms with Crippen molar-refractivity contribution in [2.45, 2.75) is 51.2 Å². The molecule has 2 aliphatic heterocycles. The lowest BCUT2D eigenvalue weighted by molar-refractivity contribution is -0.162. The highest BCUT2D eigenvalue weighted by atomic mass is 16.5. The summed E-state index contributed by atoms with van der Waals surface area (Å²) < 4.78 is 11.9. The van der Waals surface area contributed by atoms with Crippen LogP contribution in [-0.2, 0) is 16.1 Å². The quantitative estimate of drug-likeness (QED) is 0.379. The van der Waals surface area contributed by atoms with E-state index in [1.165, 1.54) is 5.56 Å². The van der Waals surface area contributed by atoms with Gasteiger partial charge in [-0.2, -0.15) is 0 Å². The van der Waals surface area contributed by atoms with Crippen LogP contribution in [0, 0.1) is 5.92 Å². The van der Waals surface area contributed by atoms with Gasteiger partial charge in [-0.1, -0.05) is 62.4 Å². The number of hydrogen-bond donors (Lipinski definition) is 1. The number of rotatable bonds is 10. The molecule has 7 heteroatoms. The van der Waals surface area contributed by atoms with Crippen molar-refractivity contribution < 1.29 is 19.1 Å². The van der Waals surface area contributed by atoms with Crippen molar-refractivity contribution in [2.24, 2.45) is 5.92 Å². The van der Waals surface area contributed by atoms with Gasteiger partial charge in [0.15, 0.2) is 0 Å². The Hall–Kier alpha value is -3.84. The van der Waals surface area contributed by atoms with E-state index in [4.69, 9.17) is 9.47 Å². The summed E-state index contributed by atoms with van der Waals surface area (Å²) in [6.07, 6.45) is 1.83. The van der Waals surface area contributed by atoms with Gasteiger partial charge >= 0.3 is 0 Å². The first-order valence-electron chi connectivity index (χ1n) is 14.3. The van der Waals surface area contributed by atoms with E-state index in [1.807, 2.05) is 77.7 Å². The van der Waals surface area contributed by atoms with E-state index in [1.54, 1.807) is 0 Å². The average Bonchev–Trinajstić information content (AvgIpc) is 2.96. The number of carbonyl (C=O) groups excluding carboxylic acids is 2. The van der Waals surface area contributed by atoms with Crippen molar-refractivity contribution in [3.05, 3.63) is 90.5 Å². The minimum absolute atomic E-state index is 0.00687. The van der Waals surface area contributed by atoms with Crippen LogP contribution in [0.1, 0.15) is 38.7 Å². The molecule has 3 aromatic carbocycles. The number of carbonyl (C=O) groups is 2. The van der Waals surface area contributed by atoms with Gasteiger partial charge in [0, 0.05) is 19.6 Å². The predicted molar refractivity (Wildman–Crippen MR) is 155 cm³/mol. The molecule has 1 spiro atoms. The van der Waals surface area contributed by atoms with E-state index in [0.717, 1.165) is 36.9 Å². The van der Waals surface area contributed by atoms with Gasteiger partial charge in [0.1, 0.15) is 35.4 Å². The van der Waals surface area contributed by atoms with E-state index in [0.29, 0.717) is 38.3 Å². The molecule has 0 aromatic heterocycles. The van der Waals surface area contributed by atoms with Gasteiger partial charge in [-0.05, 0) is 67.1 Å². The van der Waals surface area contributed by atoms with Crippen molar-refractivity contribution in [3.8, 4) is 17.2 Å². The fourth-order valence-electron chi connectivity index (χ4n) is 5.73. The van der Waals surface area contributed by atoms with Crippen LogP contribution in [0.15, 0.2) is 84.9 Å². The Kier molecular flexibility index (Phi) is 8.70. The highest BCUT2D eigenvalue weighted by Gasteiger charge is 2.53. The Morgan fingerprint density at radius 3 is 2.08 bits per heavy atom. The number of nitrogens with one attached hydrogen (secondary N) is 1. The summed E-state index contributed by atoms with van der Waals surface area (Å²) >= 11 is 0. The lowest BCUT2D eigenvalue weighted by atomic mass is 9.81. The molecule has 2 fully saturated rings. The second-order valence-electron chi connectivity index (χ2n) is 11.2. The van der Waals surface area contributed by atoms with Crippen molar-refractivity contribution >= 4 is 11.8 Å². The molecule has 2 heterocycles. The molecule has 0 radical (unpaired) electrons. The molecule has 5 rings (SSSR count). The minimum atomic E-state index is -0.839. The Morgan fingerprint density at radius 1 is 0.850 bits per heavy atom. The van der Waals surface area contributed by atoms with Gasteiger partial charge < -0.3 is 19.7 Å². The number of benzene rings is 3. The number of piperazine rings is 1. The van der Waals surface area contributed by atoms with Gasteiger partial charge in [0.25, 0.3) is 0 Å². The third kappa shape index (κ3) is 6.48. The summed E-state index contributed by atoms with van der Waals surface area (Å²) in [6, 6.07) is 27.0. The standard InChI is InChI=1S/C33H39N3O4/c1-25(2)23-30-31(37)36(21-22-39-27-9-5-3-6-10-27)33(32(38)34-30)17-19-35(20-18-33)24-26-13-15-29(16-14-26)40-28-11-7-4-8-12-28/h3-16,25,30H,17-24H2,1-2H3,(H,34,38). The van der Waals surface area contributed by atoms with Crippen LogP contribution < -0.4 is 14.8 Å². The molecular formula is C33H39N3O4. The Labute approximate surface area is 237 Å². The first kappa shape index (κ1) is 27.7. The third-order valence-corrected chi connectivity index (χ3v) is 7.83. The largest absolute Gasteiger partial charge is 0.492 e. The van der Waals surface area contributed by atoms with Crippen molar-refractivity contribution in [3.63, 3.8) is 0 Å². The Bertz CT molecular complexity index is 1260. The predicted octanol–water partition coefficient (Wildman–Crippen LogP) is 5.27. The van der Waals surface area contributed by atoms with Crippen LogP contribution in [0.4, 0.5) is 0 Å². The van der Waals surface area contributed by atoms with Crippen LogP contribution >= 0.6 is 0 Å². The molecule has 0 aliphatic carbocycles. The number of para-hydroxylation sites is 2. The molecule has 1 unspecified atom stereocenters. The Morgan fingerprint density at radius 2 is 1.45 bits per heavy atom. The Balaban J connectivity index is 1.23. The molecule has 3 aromatic rings. The van der Waals surface area contributed by atoms with Crippen LogP contribution in [0.2, 0.25) is 0 Å². The molecular weight excluding hydrogens is 502 g/mol. The number of nitrogens with zero attached hydrogens (tertiary/aromatic N) is 2. The normalized spacial score (nSPS) is 19.1. The number of piperidine rings is 1. The molecule has 40 heavy (non-hydrogen) atoms. The zero-order valence-corrected chi connectivity index (χ0v) is 23.4. The monoisotopic (exact) mass is 541 g/mol. The van der Waals surface area contributed by atoms with Gasteiger partial charge in [-0.3, -0.25) is 14.5 Å². The van der Waals surface area contributed by atoms with Crippen LogP contribution in [-0.4, -0.2) is 59.4 Å². The van der Waals surface area contributed by atoms with Crippen molar-refractivity contribution in [2.75, 3.05) is 26.2 Å². The third-order valence-electron chi connectivity index (χ3n) is 7.83. The molecule has 2 aliphatic rings. The number of hydrogen-bond acceptors (Lipinski definition) is 5. The summed E-state index contributed by atoms with van der Waals surface area (Å²) in [5.74, 6) is 2.66. The fourth-order valence-corrected chi connectivity index (χ4v) is 5.73. The summed E-state index contributed by atoms with van der Waals surface area (Å²) in [7, 11) is 0. The van der Waals surface area contributed by atoms with Crippen LogP contribution in [0.3, 0.4) is 0 Å². The van der Waals surface area contributed by atoms with E-state index in [2.05, 4.69) is 36.2 Å². The molecule has 1 atom stereocenters. The molecule has 1 N–H and O–H groups in total. The van der Waals surface area contributed by atoms with Gasteiger partial charge in [-0.15, -0.1) is 0 Å². The van der Waals surface area contributed by atoms with Gasteiger partial charge in [0.2, 0.25) is 11.8 Å². The average molecular weight is 542 g/mol. The smallest absolute Gasteiger partial charge is 0.246 e. The van der Waals surface area contributed by atoms with Gasteiger partial charge in [0.05, 0.1) is 6.54 Å². The molecule has 7 nitrogen and oxygen atoms in total. The summed E-state index contributed by atoms with van der Waals surface area (Å²) in [6.45, 7) is 7.13. The molecule has 0 saturated carbocycles. The zero-order chi connectivity index (χ0) is 28.0. The molecule has 2 amide bonds. The highest BCUT2D eigenvalue weighted by Crippen LogP contribution is 2.34. The van der Waals surface area contributed by atoms with Gasteiger partial charge in [-0.25, -0.2) is 0 Å². The van der Waals surface area contributed by atoms with E-state index < -0.39 is 11.6 Å². The first-order valence-corrected chi connectivity index (χ1v) is 14.3. The maximum atomic E-state index is 13.7. The second kappa shape index (κ2) is 12.6. The van der Waals surface area contributed by atoms with E-state index >= 15 is 0 Å². The number of ether oxygens (including phenoxy) is 2. The zero-order valence-electron chi connectivity index (χ0n) is 23.4. The molecule has 210 valence electrons. The van der Waals surface area contributed by atoms with Crippen molar-refractivity contribution in [1.29, 1.82) is 0 Å². The first-order chi connectivity index (χ1) is 19.4. The molecule has 0 bridgehead atoms. The molecule has 2 saturated heterocycles. The maximum Gasteiger partial charge on any atom is 0.246 e. The minimum Gasteiger partial charge on any atom is -0.492 e. The SMILES string of the molecule is CC(C)CC1NC(=O)C2(CCN(Cc3ccc(Oc4ccccc4)cc3)CC2)N(CCOc2ccccc2)C1=O. The maximum absolute atomic E-state index is 13.7. The summed E-state index contributed by atoms with van der Waals surface area (Å²) in [4.78, 5) is 31.5. The number of likely N-dealkylation sites (tertiary alicyclic amines) is 1. The lowest BCUT2D eigenvalue weighted by Gasteiger charge is -2.51. The number of amides is 2. The van der Waals surface area contributed by atoms with Crippen molar-refractivity contribution in [1.82, 2.24) is 15.1 Å². The summed E-state index contributed by atoms with van der Waals surface area (Å²) in [5, 5.41) is 3.08.